The van der Waals surface area contributed by atoms with Gasteiger partial charge < -0.3 is 14.3 Å². The van der Waals surface area contributed by atoms with Crippen molar-refractivity contribution in [1.29, 1.82) is 0 Å². The third-order valence-corrected chi connectivity index (χ3v) is 5.23. The summed E-state index contributed by atoms with van der Waals surface area (Å²) in [6.07, 6.45) is 1.05. The summed E-state index contributed by atoms with van der Waals surface area (Å²) in [7, 11) is 3.87. The molecule has 8 nitrogen and oxygen atoms in total. The number of amides is 1. The maximum Gasteiger partial charge on any atom is 0.246 e. The number of carbonyl (C=O) groups is 1. The standard InChI is InChI=1S/C18H24N6O2/c1-23-9-8-14-13(10-23)16(21-20-14)18(25)24(2)11-15-19-17(22-26-15)12-6-4-3-5-7-12/h3-7,13-14,16,20-21H,8-11H2,1-2H3. The summed E-state index contributed by atoms with van der Waals surface area (Å²) in [5, 5.41) is 4.01. The number of hydrogen-bond acceptors (Lipinski definition) is 7. The van der Waals surface area contributed by atoms with Gasteiger partial charge >= 0.3 is 0 Å². The third-order valence-electron chi connectivity index (χ3n) is 5.23. The quantitative estimate of drug-likeness (QED) is 0.824. The molecule has 3 heterocycles. The number of rotatable bonds is 4. The van der Waals surface area contributed by atoms with Gasteiger partial charge in [0.25, 0.3) is 0 Å². The molecule has 2 saturated heterocycles. The van der Waals surface area contributed by atoms with Crippen molar-refractivity contribution in [2.24, 2.45) is 5.92 Å². The smallest absolute Gasteiger partial charge is 0.246 e. The van der Waals surface area contributed by atoms with Crippen LogP contribution in [0.4, 0.5) is 0 Å². The second kappa shape index (κ2) is 7.14. The number of nitrogens with zero attached hydrogens (tertiary/aromatic N) is 4. The van der Waals surface area contributed by atoms with Crippen molar-refractivity contribution in [3.05, 3.63) is 36.2 Å². The van der Waals surface area contributed by atoms with E-state index >= 15 is 0 Å². The Bertz CT molecular complexity index is 764. The minimum atomic E-state index is -0.232. The number of hydrogen-bond donors (Lipinski definition) is 2. The van der Waals surface area contributed by atoms with E-state index in [2.05, 4.69) is 32.9 Å². The lowest BCUT2D eigenvalue weighted by atomic mass is 9.88. The Morgan fingerprint density at radius 3 is 2.96 bits per heavy atom. The van der Waals surface area contributed by atoms with Gasteiger partial charge in [-0.1, -0.05) is 35.5 Å². The predicted octanol–water partition coefficient (Wildman–Crippen LogP) is 0.492. The monoisotopic (exact) mass is 356 g/mol. The molecular formula is C18H24N6O2. The Labute approximate surface area is 152 Å². The number of likely N-dealkylation sites (N-methyl/N-ethyl adjacent to an activating group) is 1. The number of nitrogens with one attached hydrogen (secondary N) is 2. The van der Waals surface area contributed by atoms with Gasteiger partial charge in [-0.3, -0.25) is 10.2 Å². The molecule has 3 atom stereocenters. The summed E-state index contributed by atoms with van der Waals surface area (Å²) in [6.45, 7) is 2.26. The summed E-state index contributed by atoms with van der Waals surface area (Å²) in [6, 6.07) is 9.77. The highest BCUT2D eigenvalue weighted by Gasteiger charge is 2.43. The molecule has 2 aliphatic heterocycles. The topological polar surface area (TPSA) is 86.5 Å². The number of benzene rings is 1. The molecular weight excluding hydrogens is 332 g/mol. The Kier molecular flexibility index (Phi) is 4.71. The summed E-state index contributed by atoms with van der Waals surface area (Å²) in [5.41, 5.74) is 7.36. The van der Waals surface area contributed by atoms with E-state index < -0.39 is 0 Å². The van der Waals surface area contributed by atoms with E-state index in [0.29, 0.717) is 24.3 Å². The van der Waals surface area contributed by atoms with Crippen molar-refractivity contribution in [1.82, 2.24) is 30.8 Å². The molecule has 4 rings (SSSR count). The zero-order valence-corrected chi connectivity index (χ0v) is 15.1. The van der Waals surface area contributed by atoms with Crippen LogP contribution in [-0.4, -0.2) is 65.1 Å². The molecule has 2 fully saturated rings. The lowest BCUT2D eigenvalue weighted by molar-refractivity contribution is -0.134. The molecule has 26 heavy (non-hydrogen) atoms. The first kappa shape index (κ1) is 17.1. The zero-order valence-electron chi connectivity index (χ0n) is 15.1. The number of carbonyl (C=O) groups excluding carboxylic acids is 1. The van der Waals surface area contributed by atoms with Gasteiger partial charge in [-0.2, -0.15) is 4.98 Å². The number of hydrazine groups is 1. The average molecular weight is 356 g/mol. The van der Waals surface area contributed by atoms with Crippen LogP contribution in [-0.2, 0) is 11.3 Å². The Morgan fingerprint density at radius 2 is 2.15 bits per heavy atom. The summed E-state index contributed by atoms with van der Waals surface area (Å²) in [5.74, 6) is 1.28. The van der Waals surface area contributed by atoms with E-state index in [1.54, 1.807) is 11.9 Å². The number of aromatic nitrogens is 2. The van der Waals surface area contributed by atoms with Gasteiger partial charge in [0.05, 0.1) is 6.54 Å². The second-order valence-corrected chi connectivity index (χ2v) is 7.16. The lowest BCUT2D eigenvalue weighted by Gasteiger charge is -2.34. The normalized spacial score (nSPS) is 25.8. The molecule has 2 aromatic rings. The zero-order chi connectivity index (χ0) is 18.1. The third kappa shape index (κ3) is 3.35. The van der Waals surface area contributed by atoms with Crippen molar-refractivity contribution in [2.45, 2.75) is 25.0 Å². The van der Waals surface area contributed by atoms with E-state index in [1.807, 2.05) is 30.3 Å². The fraction of sp³-hybridized carbons (Fsp3) is 0.500. The molecule has 0 spiro atoms. The van der Waals surface area contributed by atoms with Crippen molar-refractivity contribution in [3.63, 3.8) is 0 Å². The summed E-state index contributed by atoms with van der Waals surface area (Å²) < 4.78 is 5.33. The van der Waals surface area contributed by atoms with Gasteiger partial charge in [0, 0.05) is 31.1 Å². The molecule has 8 heteroatoms. The van der Waals surface area contributed by atoms with Crippen LogP contribution in [0.3, 0.4) is 0 Å². The largest absolute Gasteiger partial charge is 0.337 e. The van der Waals surface area contributed by atoms with E-state index in [0.717, 1.165) is 25.1 Å². The van der Waals surface area contributed by atoms with E-state index in [9.17, 15) is 4.79 Å². The van der Waals surface area contributed by atoms with Crippen molar-refractivity contribution >= 4 is 5.91 Å². The number of piperidine rings is 1. The fourth-order valence-electron chi connectivity index (χ4n) is 3.76. The van der Waals surface area contributed by atoms with Gasteiger partial charge in [-0.25, -0.2) is 5.43 Å². The highest BCUT2D eigenvalue weighted by atomic mass is 16.5. The predicted molar refractivity (Wildman–Crippen MR) is 95.7 cm³/mol. The first-order chi connectivity index (χ1) is 12.6. The number of likely N-dealkylation sites (tertiary alicyclic amines) is 1. The molecule has 0 aliphatic carbocycles. The van der Waals surface area contributed by atoms with Crippen LogP contribution in [0.1, 0.15) is 12.3 Å². The SMILES string of the molecule is CN1CCC2NNC(C(=O)N(C)Cc3nc(-c4ccccc4)no3)C2C1. The molecule has 0 radical (unpaired) electrons. The molecule has 2 N–H and O–H groups in total. The summed E-state index contributed by atoms with van der Waals surface area (Å²) in [4.78, 5) is 21.2. The van der Waals surface area contributed by atoms with E-state index in [1.165, 1.54) is 0 Å². The highest BCUT2D eigenvalue weighted by molar-refractivity contribution is 5.82. The van der Waals surface area contributed by atoms with Crippen LogP contribution in [0, 0.1) is 5.92 Å². The fourth-order valence-corrected chi connectivity index (χ4v) is 3.76. The minimum absolute atomic E-state index is 0.0414. The van der Waals surface area contributed by atoms with Crippen LogP contribution >= 0.6 is 0 Å². The maximum absolute atomic E-state index is 12.9. The van der Waals surface area contributed by atoms with Crippen LogP contribution in [0.15, 0.2) is 34.9 Å². The number of fused-ring (bicyclic) bond motifs is 1. The first-order valence-corrected chi connectivity index (χ1v) is 8.94. The van der Waals surface area contributed by atoms with Crippen molar-refractivity contribution in [2.75, 3.05) is 27.2 Å². The van der Waals surface area contributed by atoms with E-state index in [-0.39, 0.29) is 17.9 Å². The van der Waals surface area contributed by atoms with Gasteiger partial charge in [0.1, 0.15) is 6.04 Å². The molecule has 1 amide bonds. The maximum atomic E-state index is 12.9. The molecule has 0 bridgehead atoms. The highest BCUT2D eigenvalue weighted by Crippen LogP contribution is 2.25. The van der Waals surface area contributed by atoms with Gasteiger partial charge in [-0.15, -0.1) is 0 Å². The second-order valence-electron chi connectivity index (χ2n) is 7.16. The van der Waals surface area contributed by atoms with Crippen molar-refractivity contribution in [3.8, 4) is 11.4 Å². The first-order valence-electron chi connectivity index (χ1n) is 8.94. The van der Waals surface area contributed by atoms with Crippen LogP contribution < -0.4 is 10.9 Å². The van der Waals surface area contributed by atoms with Crippen molar-refractivity contribution < 1.29 is 9.32 Å². The summed E-state index contributed by atoms with van der Waals surface area (Å²) >= 11 is 0. The molecule has 2 aliphatic rings. The molecule has 0 saturated carbocycles. The van der Waals surface area contributed by atoms with Gasteiger partial charge in [0.15, 0.2) is 0 Å². The minimum Gasteiger partial charge on any atom is -0.337 e. The Morgan fingerprint density at radius 1 is 1.35 bits per heavy atom. The van der Waals surface area contributed by atoms with Crippen LogP contribution in [0.5, 0.6) is 0 Å². The van der Waals surface area contributed by atoms with Gasteiger partial charge in [-0.05, 0) is 20.0 Å². The van der Waals surface area contributed by atoms with Crippen LogP contribution in [0.2, 0.25) is 0 Å². The average Bonchev–Trinajstić information content (AvgIpc) is 3.28. The molecule has 1 aromatic heterocycles. The Hall–Kier alpha value is -2.29. The molecule has 138 valence electrons. The van der Waals surface area contributed by atoms with Crippen LogP contribution in [0.25, 0.3) is 11.4 Å². The Balaban J connectivity index is 1.41. The lowest BCUT2D eigenvalue weighted by Crippen LogP contribution is -2.49. The molecule has 1 aromatic carbocycles. The molecule has 3 unspecified atom stereocenters. The van der Waals surface area contributed by atoms with Gasteiger partial charge in [0.2, 0.25) is 17.6 Å². The van der Waals surface area contributed by atoms with E-state index in [4.69, 9.17) is 4.52 Å².